The molecule has 1 aromatic heterocycles. The fraction of sp³-hybridized carbons (Fsp3) is 0.562. The second kappa shape index (κ2) is 7.79. The molecule has 0 unspecified atom stereocenters. The van der Waals surface area contributed by atoms with Gasteiger partial charge < -0.3 is 10.2 Å². The Kier molecular flexibility index (Phi) is 5.75. The van der Waals surface area contributed by atoms with Crippen molar-refractivity contribution in [2.75, 3.05) is 19.6 Å². The van der Waals surface area contributed by atoms with E-state index in [9.17, 15) is 24.4 Å². The quantitative estimate of drug-likeness (QED) is 0.694. The SMILES string of the molecule is CCNC(=O)CN(CC)C(=O)Cn1c(=O)c(C#N)c2n(c1=O)CCC2. The van der Waals surface area contributed by atoms with E-state index < -0.39 is 23.7 Å². The van der Waals surface area contributed by atoms with Gasteiger partial charge in [-0.2, -0.15) is 5.26 Å². The van der Waals surface area contributed by atoms with Gasteiger partial charge in [-0.1, -0.05) is 0 Å². The molecule has 9 nitrogen and oxygen atoms in total. The number of nitrogens with one attached hydrogen (secondary N) is 1. The minimum absolute atomic E-state index is 0.0864. The van der Waals surface area contributed by atoms with Crippen LogP contribution in [0.25, 0.3) is 0 Å². The van der Waals surface area contributed by atoms with E-state index in [-0.39, 0.29) is 24.6 Å². The second-order valence-corrected chi connectivity index (χ2v) is 5.72. The highest BCUT2D eigenvalue weighted by atomic mass is 16.2. The van der Waals surface area contributed by atoms with Crippen molar-refractivity contribution in [1.29, 1.82) is 5.26 Å². The predicted octanol–water partition coefficient (Wildman–Crippen LogP) is -1.19. The molecular weight excluding hydrogens is 326 g/mol. The molecule has 0 spiro atoms. The van der Waals surface area contributed by atoms with Crippen LogP contribution in [0.4, 0.5) is 0 Å². The highest BCUT2D eigenvalue weighted by molar-refractivity contribution is 5.84. The third-order valence-corrected chi connectivity index (χ3v) is 4.18. The normalized spacial score (nSPS) is 12.4. The van der Waals surface area contributed by atoms with Crippen LogP contribution in [0.15, 0.2) is 9.59 Å². The number of amides is 2. The summed E-state index contributed by atoms with van der Waals surface area (Å²) < 4.78 is 2.17. The number of fused-ring (bicyclic) bond motifs is 1. The number of aromatic nitrogens is 2. The number of rotatable bonds is 6. The topological polar surface area (TPSA) is 117 Å². The predicted molar refractivity (Wildman–Crippen MR) is 88.9 cm³/mol. The Labute approximate surface area is 144 Å². The van der Waals surface area contributed by atoms with Crippen LogP contribution in [-0.4, -0.2) is 45.5 Å². The molecule has 2 rings (SSSR count). The molecule has 0 aromatic carbocycles. The van der Waals surface area contributed by atoms with Crippen LogP contribution in [-0.2, 0) is 29.1 Å². The Morgan fingerprint density at radius 1 is 1.32 bits per heavy atom. The molecule has 0 bridgehead atoms. The average molecular weight is 347 g/mol. The monoisotopic (exact) mass is 347 g/mol. The summed E-state index contributed by atoms with van der Waals surface area (Å²) in [6, 6.07) is 1.85. The third kappa shape index (κ3) is 3.63. The van der Waals surface area contributed by atoms with E-state index in [0.717, 1.165) is 4.57 Å². The zero-order valence-corrected chi connectivity index (χ0v) is 14.4. The number of carbonyl (C=O) groups is 2. The minimum atomic E-state index is -0.747. The molecule has 25 heavy (non-hydrogen) atoms. The maximum absolute atomic E-state index is 12.5. The van der Waals surface area contributed by atoms with Crippen molar-refractivity contribution < 1.29 is 9.59 Å². The standard InChI is InChI=1S/C16H21N5O4/c1-3-18-13(22)9-19(4-2)14(23)10-21-15(24)11(8-17)12-6-5-7-20(12)16(21)25/h3-7,9-10H2,1-2H3,(H,18,22). The average Bonchev–Trinajstić information content (AvgIpc) is 3.06. The fourth-order valence-electron chi connectivity index (χ4n) is 2.93. The van der Waals surface area contributed by atoms with Gasteiger partial charge in [-0.05, 0) is 26.7 Å². The van der Waals surface area contributed by atoms with E-state index in [1.165, 1.54) is 9.47 Å². The zero-order chi connectivity index (χ0) is 18.6. The molecule has 0 atom stereocenters. The van der Waals surface area contributed by atoms with E-state index in [4.69, 9.17) is 0 Å². The Morgan fingerprint density at radius 3 is 2.64 bits per heavy atom. The Hall–Kier alpha value is -2.89. The van der Waals surface area contributed by atoms with Crippen LogP contribution in [0.1, 0.15) is 31.5 Å². The van der Waals surface area contributed by atoms with E-state index >= 15 is 0 Å². The first kappa shape index (κ1) is 18.4. The number of likely N-dealkylation sites (N-methyl/N-ethyl adjacent to an activating group) is 2. The van der Waals surface area contributed by atoms with Gasteiger partial charge in [-0.25, -0.2) is 9.36 Å². The number of hydrogen-bond acceptors (Lipinski definition) is 5. The molecule has 134 valence electrons. The zero-order valence-electron chi connectivity index (χ0n) is 14.4. The van der Waals surface area contributed by atoms with Crippen molar-refractivity contribution in [1.82, 2.24) is 19.4 Å². The summed E-state index contributed by atoms with van der Waals surface area (Å²) in [6.45, 7) is 3.98. The van der Waals surface area contributed by atoms with E-state index in [0.29, 0.717) is 31.6 Å². The Balaban J connectivity index is 2.33. The van der Waals surface area contributed by atoms with Crippen LogP contribution in [0.3, 0.4) is 0 Å². The van der Waals surface area contributed by atoms with Gasteiger partial charge in [-0.3, -0.25) is 19.0 Å². The first-order chi connectivity index (χ1) is 11.9. The van der Waals surface area contributed by atoms with Gasteiger partial charge in [0.25, 0.3) is 5.56 Å². The van der Waals surface area contributed by atoms with Crippen LogP contribution < -0.4 is 16.6 Å². The molecule has 9 heteroatoms. The van der Waals surface area contributed by atoms with Crippen LogP contribution in [0.2, 0.25) is 0 Å². The van der Waals surface area contributed by atoms with E-state index in [1.807, 2.05) is 6.07 Å². The molecule has 1 aromatic rings. The van der Waals surface area contributed by atoms with Crippen LogP contribution in [0.5, 0.6) is 0 Å². The first-order valence-electron chi connectivity index (χ1n) is 8.25. The second-order valence-electron chi connectivity index (χ2n) is 5.72. The van der Waals surface area contributed by atoms with Gasteiger partial charge in [0.2, 0.25) is 11.8 Å². The van der Waals surface area contributed by atoms with E-state index in [2.05, 4.69) is 5.32 Å². The minimum Gasteiger partial charge on any atom is -0.355 e. The highest BCUT2D eigenvalue weighted by Crippen LogP contribution is 2.13. The lowest BCUT2D eigenvalue weighted by atomic mass is 10.2. The summed E-state index contributed by atoms with van der Waals surface area (Å²) in [7, 11) is 0. The molecule has 0 saturated heterocycles. The molecule has 0 fully saturated rings. The largest absolute Gasteiger partial charge is 0.355 e. The van der Waals surface area contributed by atoms with Gasteiger partial charge in [0.15, 0.2) is 0 Å². The third-order valence-electron chi connectivity index (χ3n) is 4.18. The van der Waals surface area contributed by atoms with Crippen molar-refractivity contribution in [3.63, 3.8) is 0 Å². The van der Waals surface area contributed by atoms with E-state index in [1.54, 1.807) is 13.8 Å². The lowest BCUT2D eigenvalue weighted by molar-refractivity contribution is -0.136. The molecule has 0 radical (unpaired) electrons. The fourth-order valence-corrected chi connectivity index (χ4v) is 2.93. The summed E-state index contributed by atoms with van der Waals surface area (Å²) in [4.78, 5) is 50.3. The summed E-state index contributed by atoms with van der Waals surface area (Å²) in [5.74, 6) is -0.830. The van der Waals surface area contributed by atoms with Gasteiger partial charge in [-0.15, -0.1) is 0 Å². The highest BCUT2D eigenvalue weighted by Gasteiger charge is 2.25. The molecule has 1 aliphatic rings. The summed E-state index contributed by atoms with van der Waals surface area (Å²) in [5.41, 5.74) is -0.977. The summed E-state index contributed by atoms with van der Waals surface area (Å²) >= 11 is 0. The molecule has 1 aliphatic heterocycles. The van der Waals surface area contributed by atoms with Gasteiger partial charge in [0.05, 0.1) is 6.54 Å². The van der Waals surface area contributed by atoms with Gasteiger partial charge in [0.1, 0.15) is 18.2 Å². The number of nitriles is 1. The smallest absolute Gasteiger partial charge is 0.331 e. The molecule has 0 saturated carbocycles. The molecular formula is C16H21N5O4. The lowest BCUT2D eigenvalue weighted by Gasteiger charge is -2.21. The van der Waals surface area contributed by atoms with Crippen molar-refractivity contribution in [3.8, 4) is 6.07 Å². The van der Waals surface area contributed by atoms with Crippen molar-refractivity contribution in [2.45, 2.75) is 39.8 Å². The summed E-state index contributed by atoms with van der Waals surface area (Å²) in [5, 5.41) is 11.8. The summed E-state index contributed by atoms with van der Waals surface area (Å²) in [6.07, 6.45) is 1.18. The molecule has 1 N–H and O–H groups in total. The molecule has 2 amide bonds. The van der Waals surface area contributed by atoms with Crippen molar-refractivity contribution >= 4 is 11.8 Å². The van der Waals surface area contributed by atoms with Crippen LogP contribution in [0, 0.1) is 11.3 Å². The molecule has 2 heterocycles. The Bertz CT molecular complexity index is 846. The maximum atomic E-state index is 12.5. The Morgan fingerprint density at radius 2 is 2.04 bits per heavy atom. The maximum Gasteiger partial charge on any atom is 0.331 e. The number of nitrogens with zero attached hydrogens (tertiary/aromatic N) is 4. The molecule has 0 aliphatic carbocycles. The van der Waals surface area contributed by atoms with Gasteiger partial charge >= 0.3 is 5.69 Å². The lowest BCUT2D eigenvalue weighted by Crippen LogP contribution is -2.47. The number of hydrogen-bond donors (Lipinski definition) is 1. The van der Waals surface area contributed by atoms with Crippen LogP contribution >= 0.6 is 0 Å². The van der Waals surface area contributed by atoms with Gasteiger partial charge in [0, 0.05) is 25.3 Å². The van der Waals surface area contributed by atoms with Crippen molar-refractivity contribution in [2.24, 2.45) is 0 Å². The first-order valence-corrected chi connectivity index (χ1v) is 8.25. The number of carbonyl (C=O) groups excluding carboxylic acids is 2. The van der Waals surface area contributed by atoms with Crippen molar-refractivity contribution in [3.05, 3.63) is 32.1 Å².